The molecule has 8 rings (SSSR count). The average molecular weight is 1330 g/mol. The number of thiocarbonyl (C=S) groups is 1. The monoisotopic (exact) mass is 1330 g/mol. The molecule has 30 nitrogen and oxygen atoms in total. The van der Waals surface area contributed by atoms with Gasteiger partial charge in [-0.15, -0.1) is 0 Å². The van der Waals surface area contributed by atoms with Crippen LogP contribution < -0.4 is 31.7 Å². The number of hydrogen-bond acceptors (Lipinski definition) is 25. The highest BCUT2D eigenvalue weighted by molar-refractivity contribution is 7.80. The summed E-state index contributed by atoms with van der Waals surface area (Å²) in [6.07, 6.45) is -16.3. The number of phosphoric acid groups is 1. The fraction of sp³-hybridized carbons (Fsp3) is 0.517. The van der Waals surface area contributed by atoms with Crippen LogP contribution >= 0.6 is 20.0 Å². The maximum absolute atomic E-state index is 13.7. The molecule has 0 bridgehead atoms. The van der Waals surface area contributed by atoms with Crippen molar-refractivity contribution in [2.24, 2.45) is 5.73 Å². The molecule has 32 heteroatoms. The van der Waals surface area contributed by atoms with Gasteiger partial charge in [0.1, 0.15) is 90.0 Å². The maximum atomic E-state index is 13.7. The van der Waals surface area contributed by atoms with E-state index in [2.05, 4.69) is 54.2 Å². The first-order chi connectivity index (χ1) is 43.6. The zero-order chi connectivity index (χ0) is 66.9. The number of aliphatic hydroxyl groups excluding tert-OH is 7. The molecule has 0 aromatic heterocycles. The number of anilines is 1. The molecule has 0 radical (unpaired) electrons. The quantitative estimate of drug-likeness (QED) is 0.0173. The summed E-state index contributed by atoms with van der Waals surface area (Å²) in [7, 11) is -5.26. The van der Waals surface area contributed by atoms with Crippen LogP contribution in [0.15, 0.2) is 89.5 Å². The zero-order valence-electron chi connectivity index (χ0n) is 50.7. The molecule has 3 aromatic rings. The van der Waals surface area contributed by atoms with Gasteiger partial charge >= 0.3 is 13.8 Å². The molecule has 16 N–H and O–H groups in total. The van der Waals surface area contributed by atoms with Crippen LogP contribution in [-0.4, -0.2) is 211 Å². The first kappa shape index (κ1) is 71.3. The van der Waals surface area contributed by atoms with Crippen molar-refractivity contribution in [1.29, 1.82) is 0 Å². The number of esters is 1. The van der Waals surface area contributed by atoms with Gasteiger partial charge in [-0.25, -0.2) is 9.36 Å². The second-order valence-electron chi connectivity index (χ2n) is 22.8. The fourth-order valence-electron chi connectivity index (χ4n) is 11.1. The number of nitrogens with one attached hydrogen (secondary N) is 4. The fourth-order valence-corrected chi connectivity index (χ4v) is 12.0. The van der Waals surface area contributed by atoms with Gasteiger partial charge in [-0.2, -0.15) is 0 Å². The molecule has 1 spiro atoms. The Hall–Kier alpha value is -6.56. The molecule has 0 aliphatic carbocycles. The van der Waals surface area contributed by atoms with Gasteiger partial charge in [0.25, 0.3) is 0 Å². The summed E-state index contributed by atoms with van der Waals surface area (Å²) in [6.45, 7) is 5.93. The molecule has 92 heavy (non-hydrogen) atoms. The van der Waals surface area contributed by atoms with E-state index < -0.39 is 155 Å². The minimum Gasteiger partial charge on any atom is -0.508 e. The Balaban J connectivity index is 0.904. The number of carbonyl (C=O) groups is 4. The first-order valence-electron chi connectivity index (χ1n) is 29.4. The Morgan fingerprint density at radius 3 is 1.92 bits per heavy atom. The lowest BCUT2D eigenvalue weighted by molar-refractivity contribution is -0.358. The van der Waals surface area contributed by atoms with E-state index in [1.165, 1.54) is 41.5 Å². The normalized spacial score (nSPS) is 28.9. The zero-order valence-corrected chi connectivity index (χ0v) is 52.4. The van der Waals surface area contributed by atoms with Crippen LogP contribution in [0.25, 0.3) is 0 Å². The third kappa shape index (κ3) is 16.9. The number of amides is 3. The number of carbonyl (C=O) groups excluding carboxylic acids is 4. The summed E-state index contributed by atoms with van der Waals surface area (Å²) >= 11 is 5.47. The van der Waals surface area contributed by atoms with Gasteiger partial charge in [-0.05, 0) is 102 Å². The van der Waals surface area contributed by atoms with Crippen LogP contribution in [-0.2, 0) is 66.8 Å². The van der Waals surface area contributed by atoms with E-state index in [0.29, 0.717) is 16.7 Å². The number of fused-ring (bicyclic) bond motifs is 6. The van der Waals surface area contributed by atoms with Crippen LogP contribution in [0.3, 0.4) is 0 Å². The molecular formula is C60H78N5O25PS. The molecule has 3 saturated heterocycles. The molecule has 504 valence electrons. The van der Waals surface area contributed by atoms with E-state index in [9.17, 15) is 74.6 Å². The minimum absolute atomic E-state index is 0.108. The predicted molar refractivity (Wildman–Crippen MR) is 324 cm³/mol. The smallest absolute Gasteiger partial charge is 0.474 e. The molecular weight excluding hydrogens is 1250 g/mol. The van der Waals surface area contributed by atoms with Crippen LogP contribution in [0, 0.1) is 0 Å². The van der Waals surface area contributed by atoms with Gasteiger partial charge in [0.15, 0.2) is 35.7 Å². The predicted octanol–water partition coefficient (Wildman–Crippen LogP) is 0.731. The maximum Gasteiger partial charge on any atom is 0.474 e. The second kappa shape index (κ2) is 31.1. The van der Waals surface area contributed by atoms with Crippen molar-refractivity contribution in [2.45, 2.75) is 158 Å². The molecule has 3 aromatic carbocycles. The number of aliphatic hydroxyl groups is 7. The number of aromatic hydroxyl groups is 2. The number of ether oxygens (including phenoxy) is 8. The standard InChI is InChI=1S/C60H78N5O25PS/c1-28(2)8-6-9-29(3)10-7-11-30(4)18-19-81-20-21-82-91(79,80)90-58-53(50(76)49(75)52(87-58)54(61)77)88-57-45(63-31(5)68)48(74)51(42(27-67)85-57)86-56-44(47(73)46(72)41(26-66)84-56)65-43(71)25-62-59(92)64-32-12-15-36-35(22-32)55(78)89-60(36)37-16-13-33(69)23-39(37)83-40-24-34(70)14-17-38(40)60/h8,10,12-18,22-24,41-42,44-53,56-58,66-67,69-70,72-76H,6-7,9,11,19-21,25-27H2,1-5H3,(H2,61,77)(H,63,68)(H,65,71)(H,79,80)(H2,62,64,92)/b29-10+,30-18-/t41?,42?,44?,45?,46-,47+,48+,49+,50-,51+,52?,53?,56-,57-,58?/m0/s1. The highest BCUT2D eigenvalue weighted by Crippen LogP contribution is 2.57. The number of phenolic OH excluding ortho intramolecular Hbond substituents is 2. The third-order valence-corrected chi connectivity index (χ3v) is 16.9. The lowest BCUT2D eigenvalue weighted by Gasteiger charge is -2.49. The van der Waals surface area contributed by atoms with E-state index in [0.717, 1.165) is 38.2 Å². The van der Waals surface area contributed by atoms with E-state index >= 15 is 0 Å². The molecule has 3 amide bonds. The largest absolute Gasteiger partial charge is 0.508 e. The van der Waals surface area contributed by atoms with Gasteiger partial charge in [0.2, 0.25) is 17.7 Å². The number of phosphoric ester groups is 1. The lowest BCUT2D eigenvalue weighted by Crippen LogP contribution is -2.70. The Morgan fingerprint density at radius 1 is 0.707 bits per heavy atom. The van der Waals surface area contributed by atoms with Gasteiger partial charge in [-0.1, -0.05) is 41.0 Å². The number of rotatable bonds is 26. The Bertz CT molecular complexity index is 3260. The van der Waals surface area contributed by atoms with Gasteiger partial charge in [0.05, 0.1) is 45.1 Å². The minimum atomic E-state index is -5.26. The van der Waals surface area contributed by atoms with E-state index in [1.54, 1.807) is 24.3 Å². The molecule has 5 aliphatic rings. The summed E-state index contributed by atoms with van der Waals surface area (Å²) in [4.78, 5) is 63.4. The van der Waals surface area contributed by atoms with Crippen LogP contribution in [0.1, 0.15) is 87.4 Å². The lowest BCUT2D eigenvalue weighted by atomic mass is 9.77. The number of primary amides is 1. The molecule has 16 atom stereocenters. The van der Waals surface area contributed by atoms with Crippen LogP contribution in [0.4, 0.5) is 5.69 Å². The number of nitrogens with two attached hydrogens (primary N) is 1. The molecule has 0 saturated carbocycles. The van der Waals surface area contributed by atoms with Crippen molar-refractivity contribution < 1.29 is 122 Å². The summed E-state index contributed by atoms with van der Waals surface area (Å²) in [5, 5.41) is 108. The van der Waals surface area contributed by atoms with Crippen LogP contribution in [0.2, 0.25) is 0 Å². The number of phenols is 2. The molecule has 3 fully saturated rings. The van der Waals surface area contributed by atoms with Crippen molar-refractivity contribution in [1.82, 2.24) is 16.0 Å². The SMILES string of the molecule is CC(=O)NC1[C@H](OC2C(OP(=O)(O)OCCOC/C=C(/C)CC/C=C(\C)CCC=C(C)C)OC(C(N)=O)[C@H](O)[C@@H]2O)OC(CO)[C@@H](O[C@@H]2OC(CO)[C@H](O)[C@H](O)C2NC(=O)CNC(=S)Nc2ccc3c(c2)C(=O)OC32c3ccc(O)cc3Oc3cc(O)ccc32)[C@@H]1O. The highest BCUT2D eigenvalue weighted by Gasteiger charge is 2.57. The Morgan fingerprint density at radius 2 is 1.30 bits per heavy atom. The Kier molecular flexibility index (Phi) is 24.1. The van der Waals surface area contributed by atoms with E-state index in [4.69, 9.17) is 64.9 Å². The van der Waals surface area contributed by atoms with Gasteiger partial charge in [-0.3, -0.25) is 23.4 Å². The highest BCUT2D eigenvalue weighted by atomic mass is 32.1. The summed E-state index contributed by atoms with van der Waals surface area (Å²) in [6, 6.07) is 9.65. The van der Waals surface area contributed by atoms with Crippen molar-refractivity contribution in [3.05, 3.63) is 112 Å². The number of allylic oxidation sites excluding steroid dienone is 5. The van der Waals surface area contributed by atoms with Gasteiger partial charge in [0, 0.05) is 41.4 Å². The molecule has 5 heterocycles. The van der Waals surface area contributed by atoms with Crippen molar-refractivity contribution >= 4 is 54.5 Å². The second-order valence-corrected chi connectivity index (χ2v) is 24.6. The van der Waals surface area contributed by atoms with Crippen molar-refractivity contribution in [3.63, 3.8) is 0 Å². The summed E-state index contributed by atoms with van der Waals surface area (Å²) in [5.41, 5.74) is 9.00. The summed E-state index contributed by atoms with van der Waals surface area (Å²) < 4.78 is 70.7. The Labute approximate surface area is 533 Å². The van der Waals surface area contributed by atoms with E-state index in [-0.39, 0.29) is 52.6 Å². The van der Waals surface area contributed by atoms with Crippen molar-refractivity contribution in [2.75, 3.05) is 44.9 Å². The molecule has 8 unspecified atom stereocenters. The third-order valence-electron chi connectivity index (χ3n) is 15.7. The van der Waals surface area contributed by atoms with Crippen molar-refractivity contribution in [3.8, 4) is 23.0 Å². The number of benzene rings is 3. The average Bonchev–Trinajstić information content (AvgIpc) is 1.47. The first-order valence-corrected chi connectivity index (χ1v) is 31.3. The topological polar surface area (TPSA) is 454 Å². The van der Waals surface area contributed by atoms with E-state index in [1.807, 2.05) is 13.0 Å². The van der Waals surface area contributed by atoms with Crippen LogP contribution in [0.5, 0.6) is 23.0 Å². The van der Waals surface area contributed by atoms with Gasteiger partial charge < -0.3 is 116 Å². The summed E-state index contributed by atoms with van der Waals surface area (Å²) in [5.74, 6) is -3.78. The number of hydrogen-bond donors (Lipinski definition) is 15. The molecule has 5 aliphatic heterocycles.